The first-order valence-electron chi connectivity index (χ1n) is 11.5. The van der Waals surface area contributed by atoms with Crippen molar-refractivity contribution in [3.63, 3.8) is 0 Å². The number of hydrogen-bond donors (Lipinski definition) is 1. The number of pyridine rings is 2. The van der Waals surface area contributed by atoms with E-state index in [1.807, 2.05) is 43.3 Å². The van der Waals surface area contributed by atoms with Crippen molar-refractivity contribution < 1.29 is 9.28 Å². The molecule has 0 spiro atoms. The van der Waals surface area contributed by atoms with Crippen molar-refractivity contribution in [2.24, 2.45) is 0 Å². The summed E-state index contributed by atoms with van der Waals surface area (Å²) in [5, 5.41) is 4.09. The number of likely N-dealkylation sites (N-methyl/N-ethyl adjacent to an activating group) is 1. The Balaban J connectivity index is 1.42. The van der Waals surface area contributed by atoms with Crippen LogP contribution in [0.25, 0.3) is 6.08 Å². The minimum atomic E-state index is -0.208. The van der Waals surface area contributed by atoms with Crippen LogP contribution in [-0.4, -0.2) is 47.0 Å². The van der Waals surface area contributed by atoms with Gasteiger partial charge in [0.25, 0.3) is 5.91 Å². The molecule has 34 heavy (non-hydrogen) atoms. The molecule has 1 aliphatic rings. The largest absolute Gasteiger partial charge is 0.323 e. The lowest BCUT2D eigenvalue weighted by Crippen LogP contribution is -2.49. The van der Waals surface area contributed by atoms with Crippen LogP contribution in [0.15, 0.2) is 60.8 Å². The van der Waals surface area contributed by atoms with Gasteiger partial charge in [0.15, 0.2) is 0 Å². The zero-order valence-electron chi connectivity index (χ0n) is 19.5. The lowest BCUT2D eigenvalue weighted by molar-refractivity contribution is -0.908. The summed E-state index contributed by atoms with van der Waals surface area (Å²) in [6, 6.07) is 15.0. The Labute approximate surface area is 211 Å². The number of hydrogen-bond acceptors (Lipinski definition) is 3. The van der Waals surface area contributed by atoms with Gasteiger partial charge in [-0.05, 0) is 55.0 Å². The molecule has 0 unspecified atom stereocenters. The number of aromatic nitrogens is 2. The number of piperidine rings is 1. The van der Waals surface area contributed by atoms with Crippen LogP contribution in [0.3, 0.4) is 0 Å². The van der Waals surface area contributed by atoms with E-state index in [-0.39, 0.29) is 5.91 Å². The van der Waals surface area contributed by atoms with Crippen LogP contribution in [0.1, 0.15) is 46.1 Å². The highest BCUT2D eigenvalue weighted by Crippen LogP contribution is 2.34. The standard InChI is InChI=1S/C27H28Cl2N4O/c1-19-5-10-24(32-27(34)22-11-14-30-25(29)18-22)26(31-19)21-12-16-33(2,17-13-21)15-3-4-20-6-8-23(28)9-7-20/h3-11,14,18,21H,12-13,15-17H2,1-2H3/p+1/b4-3+. The molecular weight excluding hydrogens is 467 g/mol. The van der Waals surface area contributed by atoms with Gasteiger partial charge in [0.1, 0.15) is 5.15 Å². The average molecular weight is 496 g/mol. The van der Waals surface area contributed by atoms with Crippen LogP contribution >= 0.6 is 23.2 Å². The molecule has 1 fully saturated rings. The van der Waals surface area contributed by atoms with Crippen LogP contribution in [0.2, 0.25) is 10.2 Å². The fourth-order valence-corrected chi connectivity index (χ4v) is 4.70. The molecule has 4 rings (SSSR count). The van der Waals surface area contributed by atoms with Crippen LogP contribution in [-0.2, 0) is 0 Å². The lowest BCUT2D eigenvalue weighted by Gasteiger charge is -2.40. The lowest BCUT2D eigenvalue weighted by atomic mass is 9.90. The van der Waals surface area contributed by atoms with Gasteiger partial charge in [-0.2, -0.15) is 0 Å². The molecule has 1 amide bonds. The van der Waals surface area contributed by atoms with Crippen molar-refractivity contribution >= 4 is 40.9 Å². The van der Waals surface area contributed by atoms with E-state index in [2.05, 4.69) is 29.5 Å². The Morgan fingerprint density at radius 2 is 1.85 bits per heavy atom. The van der Waals surface area contributed by atoms with Gasteiger partial charge in [-0.1, -0.05) is 41.4 Å². The minimum Gasteiger partial charge on any atom is -0.323 e. The summed E-state index contributed by atoms with van der Waals surface area (Å²) in [7, 11) is 2.31. The number of amides is 1. The second-order valence-electron chi connectivity index (χ2n) is 9.18. The fourth-order valence-electron chi connectivity index (χ4n) is 4.40. The Hall–Kier alpha value is -2.73. The molecule has 0 aliphatic carbocycles. The molecular formula is C27H29Cl2N4O+. The van der Waals surface area contributed by atoms with Crippen molar-refractivity contribution in [2.75, 3.05) is 32.0 Å². The molecule has 0 bridgehead atoms. The molecule has 0 radical (unpaired) electrons. The van der Waals surface area contributed by atoms with E-state index >= 15 is 0 Å². The second-order valence-corrected chi connectivity index (χ2v) is 10.0. The Morgan fingerprint density at radius 3 is 2.56 bits per heavy atom. The van der Waals surface area contributed by atoms with Gasteiger partial charge in [0.05, 0.1) is 38.1 Å². The number of nitrogens with zero attached hydrogens (tertiary/aromatic N) is 3. The number of quaternary nitrogens is 1. The van der Waals surface area contributed by atoms with Crippen LogP contribution in [0.4, 0.5) is 5.69 Å². The van der Waals surface area contributed by atoms with Gasteiger partial charge in [-0.15, -0.1) is 0 Å². The first-order chi connectivity index (χ1) is 16.3. The summed E-state index contributed by atoms with van der Waals surface area (Å²) < 4.78 is 0.990. The second kappa shape index (κ2) is 10.7. The maximum atomic E-state index is 12.8. The van der Waals surface area contributed by atoms with Crippen molar-refractivity contribution in [1.82, 2.24) is 9.97 Å². The summed E-state index contributed by atoms with van der Waals surface area (Å²) in [4.78, 5) is 21.6. The maximum Gasteiger partial charge on any atom is 0.255 e. The van der Waals surface area contributed by atoms with E-state index in [0.29, 0.717) is 16.6 Å². The van der Waals surface area contributed by atoms with E-state index in [1.54, 1.807) is 12.1 Å². The molecule has 2 aromatic heterocycles. The van der Waals surface area contributed by atoms with Gasteiger partial charge in [0, 0.05) is 41.2 Å². The minimum absolute atomic E-state index is 0.208. The molecule has 0 atom stereocenters. The molecule has 176 valence electrons. The predicted molar refractivity (Wildman–Crippen MR) is 139 cm³/mol. The number of aryl methyl sites for hydroxylation is 1. The first kappa shape index (κ1) is 24.4. The predicted octanol–water partition coefficient (Wildman–Crippen LogP) is 6.38. The third kappa shape index (κ3) is 6.23. The van der Waals surface area contributed by atoms with Crippen molar-refractivity contribution in [1.29, 1.82) is 0 Å². The van der Waals surface area contributed by atoms with Crippen LogP contribution < -0.4 is 5.32 Å². The van der Waals surface area contributed by atoms with E-state index in [9.17, 15) is 4.79 Å². The smallest absolute Gasteiger partial charge is 0.255 e. The normalized spacial score (nSPS) is 20.4. The molecule has 0 saturated carbocycles. The van der Waals surface area contributed by atoms with Gasteiger partial charge in [0.2, 0.25) is 0 Å². The highest BCUT2D eigenvalue weighted by molar-refractivity contribution is 6.30. The summed E-state index contributed by atoms with van der Waals surface area (Å²) in [5.41, 5.74) is 4.33. The Kier molecular flexibility index (Phi) is 7.67. The monoisotopic (exact) mass is 495 g/mol. The number of anilines is 1. The molecule has 3 aromatic rings. The maximum absolute atomic E-state index is 12.8. The number of carbonyl (C=O) groups is 1. The third-order valence-electron chi connectivity index (χ3n) is 6.45. The number of nitrogens with one attached hydrogen (secondary N) is 1. The van der Waals surface area contributed by atoms with Gasteiger partial charge < -0.3 is 9.80 Å². The van der Waals surface area contributed by atoms with E-state index < -0.39 is 0 Å². The van der Waals surface area contributed by atoms with Gasteiger partial charge in [-0.25, -0.2) is 4.98 Å². The summed E-state index contributed by atoms with van der Waals surface area (Å²) >= 11 is 11.9. The number of benzene rings is 1. The average Bonchev–Trinajstić information content (AvgIpc) is 2.82. The topological polar surface area (TPSA) is 54.9 Å². The molecule has 5 nitrogen and oxygen atoms in total. The molecule has 1 aromatic carbocycles. The van der Waals surface area contributed by atoms with Gasteiger partial charge in [-0.3, -0.25) is 9.78 Å². The number of halogens is 2. The molecule has 1 N–H and O–H groups in total. The summed E-state index contributed by atoms with van der Waals surface area (Å²) in [6.45, 7) is 5.07. The molecule has 1 saturated heterocycles. The van der Waals surface area contributed by atoms with E-state index in [0.717, 1.165) is 64.6 Å². The van der Waals surface area contributed by atoms with Crippen molar-refractivity contribution in [3.05, 3.63) is 93.5 Å². The van der Waals surface area contributed by atoms with Crippen molar-refractivity contribution in [3.8, 4) is 0 Å². The zero-order valence-corrected chi connectivity index (χ0v) is 21.0. The Morgan fingerprint density at radius 1 is 1.12 bits per heavy atom. The number of likely N-dealkylation sites (tertiary alicyclic amines) is 1. The SMILES string of the molecule is Cc1ccc(NC(=O)c2ccnc(Cl)c2)c(C2CC[N+](C)(C/C=C/c3ccc(Cl)cc3)CC2)n1. The van der Waals surface area contributed by atoms with Crippen LogP contribution in [0.5, 0.6) is 0 Å². The first-order valence-corrected chi connectivity index (χ1v) is 12.2. The quantitative estimate of drug-likeness (QED) is 0.318. The van der Waals surface area contributed by atoms with E-state index in [1.165, 1.54) is 6.20 Å². The Bertz CT molecular complexity index is 1190. The highest BCUT2D eigenvalue weighted by Gasteiger charge is 2.32. The molecule has 3 heterocycles. The molecule has 7 heteroatoms. The number of carbonyl (C=O) groups excluding carboxylic acids is 1. The summed E-state index contributed by atoms with van der Waals surface area (Å²) in [6.07, 6.45) is 7.98. The molecule has 1 aliphatic heterocycles. The van der Waals surface area contributed by atoms with Crippen molar-refractivity contribution in [2.45, 2.75) is 25.7 Å². The third-order valence-corrected chi connectivity index (χ3v) is 6.91. The number of rotatable bonds is 6. The van der Waals surface area contributed by atoms with Gasteiger partial charge >= 0.3 is 0 Å². The highest BCUT2D eigenvalue weighted by atomic mass is 35.5. The van der Waals surface area contributed by atoms with Crippen LogP contribution in [0, 0.1) is 6.92 Å². The fraction of sp³-hybridized carbons (Fsp3) is 0.296. The summed E-state index contributed by atoms with van der Waals surface area (Å²) in [5.74, 6) is 0.0997. The zero-order chi connectivity index (χ0) is 24.1. The van der Waals surface area contributed by atoms with E-state index in [4.69, 9.17) is 28.2 Å².